The van der Waals surface area contributed by atoms with Crippen molar-refractivity contribution < 1.29 is 0 Å². The van der Waals surface area contributed by atoms with Gasteiger partial charge in [0.1, 0.15) is 0 Å². The Morgan fingerprint density at radius 3 is 2.41 bits per heavy atom. The van der Waals surface area contributed by atoms with Crippen LogP contribution in [0.3, 0.4) is 0 Å². The zero-order valence-corrected chi connectivity index (χ0v) is 10.4. The topological polar surface area (TPSA) is 12.0 Å². The van der Waals surface area contributed by atoms with Gasteiger partial charge in [-0.05, 0) is 28.8 Å². The van der Waals surface area contributed by atoms with Gasteiger partial charge < -0.3 is 5.32 Å². The predicted octanol–water partition coefficient (Wildman–Crippen LogP) is 3.65. The predicted molar refractivity (Wildman–Crippen MR) is 72.7 cm³/mol. The molecular weight excluding hydrogens is 206 g/mol. The number of rotatable bonds is 4. The largest absolute Gasteiger partial charge is 0.310 e. The van der Waals surface area contributed by atoms with Crippen LogP contribution in [0.5, 0.6) is 0 Å². The van der Waals surface area contributed by atoms with Crippen LogP contribution >= 0.6 is 0 Å². The van der Waals surface area contributed by atoms with E-state index in [0.29, 0.717) is 6.04 Å². The molecule has 17 heavy (non-hydrogen) atoms. The Balaban J connectivity index is 2.08. The van der Waals surface area contributed by atoms with Crippen LogP contribution in [0.4, 0.5) is 0 Å². The second kappa shape index (κ2) is 5.65. The molecule has 0 bridgehead atoms. The van der Waals surface area contributed by atoms with Gasteiger partial charge >= 0.3 is 0 Å². The molecule has 0 spiro atoms. The van der Waals surface area contributed by atoms with Crippen molar-refractivity contribution in [3.8, 4) is 11.1 Å². The van der Waals surface area contributed by atoms with Crippen molar-refractivity contribution in [2.24, 2.45) is 0 Å². The fraction of sp³-hybridized carbons (Fsp3) is 0.250. The molecule has 0 heterocycles. The maximum Gasteiger partial charge on any atom is 0.0207 e. The summed E-state index contributed by atoms with van der Waals surface area (Å²) in [6.45, 7) is 5.25. The summed E-state index contributed by atoms with van der Waals surface area (Å²) < 4.78 is 0. The van der Waals surface area contributed by atoms with Crippen LogP contribution in [0.1, 0.15) is 19.4 Å². The van der Waals surface area contributed by atoms with Crippen molar-refractivity contribution in [1.29, 1.82) is 0 Å². The van der Waals surface area contributed by atoms with Crippen LogP contribution in [0.2, 0.25) is 0 Å². The molecule has 1 nitrogen and oxygen atoms in total. The summed E-state index contributed by atoms with van der Waals surface area (Å²) in [5, 5.41) is 3.41. The second-order valence-corrected chi connectivity index (χ2v) is 4.52. The summed E-state index contributed by atoms with van der Waals surface area (Å²) in [5.74, 6) is 0. The molecule has 0 aliphatic carbocycles. The smallest absolute Gasteiger partial charge is 0.0207 e. The monoisotopic (exact) mass is 224 g/mol. The lowest BCUT2D eigenvalue weighted by molar-refractivity contribution is 0.589. The van der Waals surface area contributed by atoms with Crippen molar-refractivity contribution in [3.05, 3.63) is 60.2 Å². The van der Waals surface area contributed by atoms with Gasteiger partial charge in [0.05, 0.1) is 0 Å². The van der Waals surface area contributed by atoms with Crippen molar-refractivity contribution >= 4 is 0 Å². The van der Waals surface area contributed by atoms with E-state index < -0.39 is 0 Å². The van der Waals surface area contributed by atoms with E-state index in [1.807, 2.05) is 18.2 Å². The molecule has 0 fully saturated rings. The molecule has 0 amide bonds. The van der Waals surface area contributed by atoms with Crippen LogP contribution in [0.25, 0.3) is 11.1 Å². The first-order valence-corrected chi connectivity index (χ1v) is 6.04. The Bertz CT molecular complexity index is 443. The Hall–Kier alpha value is -1.60. The molecule has 0 aliphatic heterocycles. The molecule has 0 aromatic heterocycles. The normalized spacial score (nSPS) is 10.8. The molecule has 0 atom stereocenters. The summed E-state index contributed by atoms with van der Waals surface area (Å²) in [5.41, 5.74) is 3.79. The van der Waals surface area contributed by atoms with Crippen molar-refractivity contribution in [2.45, 2.75) is 26.4 Å². The zero-order chi connectivity index (χ0) is 12.1. The Morgan fingerprint density at radius 1 is 1.06 bits per heavy atom. The first kappa shape index (κ1) is 11.9. The van der Waals surface area contributed by atoms with Gasteiger partial charge in [-0.3, -0.25) is 0 Å². The average molecular weight is 224 g/mol. The molecular formula is C16H18N. The summed E-state index contributed by atoms with van der Waals surface area (Å²) in [4.78, 5) is 0. The molecule has 87 valence electrons. The third-order valence-electron chi connectivity index (χ3n) is 2.71. The van der Waals surface area contributed by atoms with E-state index in [2.05, 4.69) is 55.6 Å². The molecule has 1 heteroatoms. The Morgan fingerprint density at radius 2 is 1.82 bits per heavy atom. The minimum absolute atomic E-state index is 0.526. The van der Waals surface area contributed by atoms with Gasteiger partial charge in [0.2, 0.25) is 0 Å². The number of hydrogen-bond acceptors (Lipinski definition) is 1. The van der Waals surface area contributed by atoms with E-state index in [9.17, 15) is 0 Å². The maximum absolute atomic E-state index is 3.41. The van der Waals surface area contributed by atoms with Crippen LogP contribution in [0, 0.1) is 6.07 Å². The van der Waals surface area contributed by atoms with Crippen LogP contribution < -0.4 is 5.32 Å². The standard InChI is InChI=1S/C16H18N/c1-13(2)17-12-14-8-10-16(11-9-14)15-6-4-3-5-7-15/h3-4,6-11,13,17H,12H2,1-2H3. The first-order chi connectivity index (χ1) is 8.25. The van der Waals surface area contributed by atoms with E-state index in [4.69, 9.17) is 0 Å². The summed E-state index contributed by atoms with van der Waals surface area (Å²) >= 11 is 0. The van der Waals surface area contributed by atoms with E-state index in [1.165, 1.54) is 16.7 Å². The molecule has 0 saturated heterocycles. The molecule has 1 radical (unpaired) electrons. The summed E-state index contributed by atoms with van der Waals surface area (Å²) in [6, 6.07) is 20.4. The van der Waals surface area contributed by atoms with Gasteiger partial charge in [0.25, 0.3) is 0 Å². The molecule has 2 aromatic rings. The number of nitrogens with one attached hydrogen (secondary N) is 1. The lowest BCUT2D eigenvalue weighted by Gasteiger charge is -2.08. The highest BCUT2D eigenvalue weighted by atomic mass is 14.9. The van der Waals surface area contributed by atoms with Crippen LogP contribution in [-0.4, -0.2) is 6.04 Å². The molecule has 0 aliphatic rings. The van der Waals surface area contributed by atoms with Crippen LogP contribution in [0.15, 0.2) is 48.5 Å². The third kappa shape index (κ3) is 3.43. The van der Waals surface area contributed by atoms with Gasteiger partial charge in [0.15, 0.2) is 0 Å². The van der Waals surface area contributed by atoms with Gasteiger partial charge in [-0.15, -0.1) is 0 Å². The Labute approximate surface area is 103 Å². The van der Waals surface area contributed by atoms with Crippen molar-refractivity contribution in [3.63, 3.8) is 0 Å². The molecule has 1 N–H and O–H groups in total. The van der Waals surface area contributed by atoms with Crippen molar-refractivity contribution in [2.75, 3.05) is 0 Å². The lowest BCUT2D eigenvalue weighted by Crippen LogP contribution is -2.21. The minimum atomic E-state index is 0.526. The Kier molecular flexibility index (Phi) is 3.94. The maximum atomic E-state index is 3.41. The van der Waals surface area contributed by atoms with E-state index in [-0.39, 0.29) is 0 Å². The van der Waals surface area contributed by atoms with E-state index in [1.54, 1.807) is 0 Å². The van der Waals surface area contributed by atoms with E-state index in [0.717, 1.165) is 6.54 Å². The number of hydrogen-bond donors (Lipinski definition) is 1. The van der Waals surface area contributed by atoms with Gasteiger partial charge in [0, 0.05) is 12.6 Å². The zero-order valence-electron chi connectivity index (χ0n) is 10.4. The van der Waals surface area contributed by atoms with Gasteiger partial charge in [-0.1, -0.05) is 56.3 Å². The number of benzene rings is 2. The molecule has 2 aromatic carbocycles. The summed E-state index contributed by atoms with van der Waals surface area (Å²) in [7, 11) is 0. The second-order valence-electron chi connectivity index (χ2n) is 4.52. The fourth-order valence-electron chi connectivity index (χ4n) is 1.71. The molecule has 2 rings (SSSR count). The van der Waals surface area contributed by atoms with Crippen LogP contribution in [-0.2, 0) is 6.54 Å². The quantitative estimate of drug-likeness (QED) is 0.836. The highest BCUT2D eigenvalue weighted by molar-refractivity contribution is 5.63. The highest BCUT2D eigenvalue weighted by Gasteiger charge is 1.98. The highest BCUT2D eigenvalue weighted by Crippen LogP contribution is 2.18. The van der Waals surface area contributed by atoms with Gasteiger partial charge in [-0.25, -0.2) is 0 Å². The molecule has 0 unspecified atom stereocenters. The lowest BCUT2D eigenvalue weighted by atomic mass is 10.0. The SMILES string of the molecule is CC(C)NCc1ccc(-c2c[c]ccc2)cc1. The first-order valence-electron chi connectivity index (χ1n) is 6.04. The fourth-order valence-corrected chi connectivity index (χ4v) is 1.71. The minimum Gasteiger partial charge on any atom is -0.310 e. The van der Waals surface area contributed by atoms with E-state index >= 15 is 0 Å². The third-order valence-corrected chi connectivity index (χ3v) is 2.71. The average Bonchev–Trinajstić information content (AvgIpc) is 2.38. The molecule has 0 saturated carbocycles. The van der Waals surface area contributed by atoms with Crippen molar-refractivity contribution in [1.82, 2.24) is 5.32 Å². The summed E-state index contributed by atoms with van der Waals surface area (Å²) in [6.07, 6.45) is 0. The van der Waals surface area contributed by atoms with Gasteiger partial charge in [-0.2, -0.15) is 0 Å².